The number of aliphatic hydroxyl groups is 1. The number of anilines is 1. The van der Waals surface area contributed by atoms with Gasteiger partial charge in [0.1, 0.15) is 5.82 Å². The zero-order valence-electron chi connectivity index (χ0n) is 12.0. The highest BCUT2D eigenvalue weighted by Crippen LogP contribution is 2.27. The van der Waals surface area contributed by atoms with Crippen molar-refractivity contribution in [3.63, 3.8) is 0 Å². The van der Waals surface area contributed by atoms with Crippen LogP contribution < -0.4 is 5.32 Å². The highest BCUT2D eigenvalue weighted by atomic mass is 19.1. The van der Waals surface area contributed by atoms with E-state index in [-0.39, 0.29) is 18.1 Å². The van der Waals surface area contributed by atoms with Crippen LogP contribution in [-0.4, -0.2) is 17.6 Å². The van der Waals surface area contributed by atoms with E-state index in [1.807, 2.05) is 0 Å². The van der Waals surface area contributed by atoms with Crippen LogP contribution in [0.4, 0.5) is 10.1 Å². The Labute approximate surface area is 124 Å². The largest absolute Gasteiger partial charge is 0.395 e. The Kier molecular flexibility index (Phi) is 5.77. The van der Waals surface area contributed by atoms with Crippen LogP contribution in [0.1, 0.15) is 44.1 Å². The van der Waals surface area contributed by atoms with E-state index in [9.17, 15) is 9.18 Å². The fourth-order valence-electron chi connectivity index (χ4n) is 2.60. The summed E-state index contributed by atoms with van der Waals surface area (Å²) in [6, 6.07) is 4.49. The molecule has 1 aromatic carbocycles. The topological polar surface area (TPSA) is 49.3 Å². The Bertz CT molecular complexity index is 554. The molecule has 0 bridgehead atoms. The van der Waals surface area contributed by atoms with E-state index in [0.717, 1.165) is 12.8 Å². The van der Waals surface area contributed by atoms with Crippen LogP contribution in [0, 0.1) is 23.6 Å². The average Bonchev–Trinajstić information content (AvgIpc) is 2.94. The minimum absolute atomic E-state index is 0.0378. The van der Waals surface area contributed by atoms with Crippen molar-refractivity contribution in [2.24, 2.45) is 5.92 Å². The Balaban J connectivity index is 1.93. The summed E-state index contributed by atoms with van der Waals surface area (Å²) in [5, 5.41) is 11.4. The van der Waals surface area contributed by atoms with Gasteiger partial charge in [-0.15, -0.1) is 0 Å². The number of hydrogen-bond donors (Lipinski definition) is 2. The molecule has 2 rings (SSSR count). The zero-order valence-corrected chi connectivity index (χ0v) is 12.0. The normalized spacial score (nSPS) is 14.6. The third kappa shape index (κ3) is 4.87. The van der Waals surface area contributed by atoms with Crippen LogP contribution in [0.5, 0.6) is 0 Å². The maximum Gasteiger partial charge on any atom is 0.224 e. The Hall–Kier alpha value is -1.86. The van der Waals surface area contributed by atoms with Crippen molar-refractivity contribution < 1.29 is 14.3 Å². The first-order chi connectivity index (χ1) is 10.2. The summed E-state index contributed by atoms with van der Waals surface area (Å²) < 4.78 is 13.8. The van der Waals surface area contributed by atoms with Crippen molar-refractivity contribution in [2.45, 2.75) is 38.5 Å². The molecular weight excluding hydrogens is 269 g/mol. The number of hydrogen-bond acceptors (Lipinski definition) is 2. The van der Waals surface area contributed by atoms with Crippen LogP contribution >= 0.6 is 0 Å². The summed E-state index contributed by atoms with van der Waals surface area (Å²) in [4.78, 5) is 11.9. The predicted molar refractivity (Wildman–Crippen MR) is 80.2 cm³/mol. The van der Waals surface area contributed by atoms with Gasteiger partial charge in [-0.3, -0.25) is 4.79 Å². The zero-order chi connectivity index (χ0) is 15.1. The lowest BCUT2D eigenvalue weighted by molar-refractivity contribution is -0.117. The van der Waals surface area contributed by atoms with Crippen LogP contribution in [-0.2, 0) is 4.79 Å². The minimum Gasteiger partial charge on any atom is -0.395 e. The Morgan fingerprint density at radius 3 is 2.81 bits per heavy atom. The molecule has 1 aliphatic carbocycles. The molecule has 1 amide bonds. The summed E-state index contributed by atoms with van der Waals surface area (Å²) in [6.07, 6.45) is 5.46. The molecule has 0 spiro atoms. The first-order valence-electron chi connectivity index (χ1n) is 7.38. The molecule has 4 heteroatoms. The molecule has 0 aromatic heterocycles. The molecule has 0 aliphatic heterocycles. The molecule has 0 heterocycles. The van der Waals surface area contributed by atoms with Crippen molar-refractivity contribution in [1.29, 1.82) is 0 Å². The molecule has 0 radical (unpaired) electrons. The van der Waals surface area contributed by atoms with Crippen LogP contribution in [0.3, 0.4) is 0 Å². The van der Waals surface area contributed by atoms with E-state index in [1.54, 1.807) is 12.1 Å². The molecule has 21 heavy (non-hydrogen) atoms. The number of aliphatic hydroxyl groups excluding tert-OH is 1. The molecule has 2 N–H and O–H groups in total. The van der Waals surface area contributed by atoms with Gasteiger partial charge in [-0.2, -0.15) is 0 Å². The molecule has 1 fully saturated rings. The van der Waals surface area contributed by atoms with E-state index < -0.39 is 5.82 Å². The van der Waals surface area contributed by atoms with Gasteiger partial charge in [0.2, 0.25) is 5.91 Å². The summed E-state index contributed by atoms with van der Waals surface area (Å²) in [5.74, 6) is 5.29. The fourth-order valence-corrected chi connectivity index (χ4v) is 2.60. The minimum atomic E-state index is -0.459. The Morgan fingerprint density at radius 2 is 2.14 bits per heavy atom. The molecule has 0 saturated heterocycles. The molecule has 1 saturated carbocycles. The quantitative estimate of drug-likeness (QED) is 0.837. The van der Waals surface area contributed by atoms with Crippen molar-refractivity contribution >= 4 is 11.6 Å². The second kappa shape index (κ2) is 7.80. The van der Waals surface area contributed by atoms with Crippen molar-refractivity contribution in [3.05, 3.63) is 29.6 Å². The van der Waals surface area contributed by atoms with Gasteiger partial charge in [0, 0.05) is 18.5 Å². The average molecular weight is 289 g/mol. The van der Waals surface area contributed by atoms with Crippen molar-refractivity contribution in [2.75, 3.05) is 11.9 Å². The van der Waals surface area contributed by atoms with Gasteiger partial charge in [-0.1, -0.05) is 24.7 Å². The molecular formula is C17H20FNO2. The van der Waals surface area contributed by atoms with Crippen LogP contribution in [0.2, 0.25) is 0 Å². The number of benzene rings is 1. The standard InChI is InChI=1S/C17H20FNO2/c18-16-12-15(9-8-14(16)7-3-4-10-20)19-17(21)11-13-5-1-2-6-13/h8-9,12-13,20H,1-2,4-6,10-11H2,(H,19,21). The van der Waals surface area contributed by atoms with E-state index in [0.29, 0.717) is 24.4 Å². The van der Waals surface area contributed by atoms with Gasteiger partial charge in [-0.25, -0.2) is 4.39 Å². The predicted octanol–water partition coefficient (Wildman–Crippen LogP) is 3.08. The lowest BCUT2D eigenvalue weighted by Gasteiger charge is -2.10. The van der Waals surface area contributed by atoms with Crippen molar-refractivity contribution in [1.82, 2.24) is 0 Å². The second-order valence-corrected chi connectivity index (χ2v) is 5.37. The number of rotatable bonds is 4. The van der Waals surface area contributed by atoms with Gasteiger partial charge in [0.15, 0.2) is 0 Å². The summed E-state index contributed by atoms with van der Waals surface area (Å²) in [6.45, 7) is -0.0378. The van der Waals surface area contributed by atoms with Gasteiger partial charge in [0.05, 0.1) is 12.2 Å². The van der Waals surface area contributed by atoms with E-state index in [4.69, 9.17) is 5.11 Å². The monoisotopic (exact) mass is 289 g/mol. The molecule has 1 aliphatic rings. The van der Waals surface area contributed by atoms with Crippen molar-refractivity contribution in [3.8, 4) is 11.8 Å². The number of amides is 1. The fraction of sp³-hybridized carbons (Fsp3) is 0.471. The third-order valence-electron chi connectivity index (χ3n) is 3.66. The first-order valence-corrected chi connectivity index (χ1v) is 7.38. The lowest BCUT2D eigenvalue weighted by atomic mass is 10.0. The number of carbonyl (C=O) groups is 1. The summed E-state index contributed by atoms with van der Waals surface area (Å²) >= 11 is 0. The highest BCUT2D eigenvalue weighted by Gasteiger charge is 2.18. The number of nitrogens with one attached hydrogen (secondary N) is 1. The third-order valence-corrected chi connectivity index (χ3v) is 3.66. The molecule has 3 nitrogen and oxygen atoms in total. The molecule has 112 valence electrons. The van der Waals surface area contributed by atoms with E-state index >= 15 is 0 Å². The summed E-state index contributed by atoms with van der Waals surface area (Å²) in [5.41, 5.74) is 0.737. The smallest absolute Gasteiger partial charge is 0.224 e. The van der Waals surface area contributed by atoms with Crippen LogP contribution in [0.15, 0.2) is 18.2 Å². The molecule has 0 unspecified atom stereocenters. The Morgan fingerprint density at radius 1 is 1.38 bits per heavy atom. The molecule has 1 aromatic rings. The lowest BCUT2D eigenvalue weighted by Crippen LogP contribution is -2.15. The van der Waals surface area contributed by atoms with E-state index in [1.165, 1.54) is 18.9 Å². The maximum absolute atomic E-state index is 13.8. The summed E-state index contributed by atoms with van der Waals surface area (Å²) in [7, 11) is 0. The second-order valence-electron chi connectivity index (χ2n) is 5.37. The molecule has 0 atom stereocenters. The van der Waals surface area contributed by atoms with E-state index in [2.05, 4.69) is 17.2 Å². The van der Waals surface area contributed by atoms with Gasteiger partial charge in [0.25, 0.3) is 0 Å². The highest BCUT2D eigenvalue weighted by molar-refractivity contribution is 5.90. The number of carbonyl (C=O) groups excluding carboxylic acids is 1. The van der Waals surface area contributed by atoms with Gasteiger partial charge < -0.3 is 10.4 Å². The first kappa shape index (κ1) is 15.5. The van der Waals surface area contributed by atoms with Gasteiger partial charge in [-0.05, 0) is 37.0 Å². The van der Waals surface area contributed by atoms with Crippen LogP contribution in [0.25, 0.3) is 0 Å². The maximum atomic E-state index is 13.8. The number of halogens is 1. The van der Waals surface area contributed by atoms with Gasteiger partial charge >= 0.3 is 0 Å². The SMILES string of the molecule is O=C(CC1CCCC1)Nc1ccc(C#CCCO)c(F)c1.